The molecular weight excluding hydrogens is 773 g/mol. The third kappa shape index (κ3) is 5.39. The van der Waals surface area contributed by atoms with Crippen LogP contribution in [0.25, 0.3) is 82.8 Å². The number of fused-ring (bicyclic) bond motifs is 9. The minimum atomic E-state index is -0.444. The van der Waals surface area contributed by atoms with Crippen LogP contribution < -0.4 is 0 Å². The van der Waals surface area contributed by atoms with Crippen molar-refractivity contribution in [2.24, 2.45) is 5.92 Å². The number of benzene rings is 9. The zero-order valence-electron chi connectivity index (χ0n) is 35.6. The quantitative estimate of drug-likeness (QED) is 0.158. The van der Waals surface area contributed by atoms with Gasteiger partial charge in [-0.15, -0.1) is 0 Å². The van der Waals surface area contributed by atoms with E-state index in [0.717, 1.165) is 6.42 Å². The van der Waals surface area contributed by atoms with Crippen molar-refractivity contribution in [3.8, 4) is 33.6 Å². The molecule has 0 saturated heterocycles. The highest BCUT2D eigenvalue weighted by Gasteiger charge is 2.48. The second kappa shape index (κ2) is 14.3. The number of para-hydroxylation sites is 4. The Hall–Kier alpha value is -7.94. The fraction of sp³-hybridized carbons (Fsp3) is 0.0645. The molecule has 2 heterocycles. The average Bonchev–Trinajstić information content (AvgIpc) is 3.99. The monoisotopic (exact) mass is 816 g/mol. The lowest BCUT2D eigenvalue weighted by molar-refractivity contribution is 0.704. The average molecular weight is 817 g/mol. The molecule has 302 valence electrons. The van der Waals surface area contributed by atoms with E-state index in [9.17, 15) is 0 Å². The summed E-state index contributed by atoms with van der Waals surface area (Å²) in [5.74, 6) is 0.489. The van der Waals surface area contributed by atoms with E-state index in [1.165, 1.54) is 111 Å². The molecule has 0 spiro atoms. The molecule has 2 aliphatic carbocycles. The van der Waals surface area contributed by atoms with Gasteiger partial charge < -0.3 is 9.13 Å². The fourth-order valence-corrected chi connectivity index (χ4v) is 11.3. The minimum absolute atomic E-state index is 0.444. The smallest absolute Gasteiger partial charge is 0.0710 e. The Balaban J connectivity index is 0.880. The van der Waals surface area contributed by atoms with Crippen LogP contribution in [0.1, 0.15) is 35.6 Å². The standard InChI is InChI=1S/C62H44N2/c1-41-22-39-57-55(40-41)50-12-2-7-17-56(50)62(57,46-31-23-42(24-32-46)44-27-35-48(36-28-44)63-58-18-8-3-13-51(58)52-14-4-9-19-59(52)63)47-33-25-43(26-34-47)45-29-37-49(38-30-45)64-60-20-10-5-15-53(60)54-16-6-11-21-61(54)64/h2-21,23-41H,22H2,1H3. The zero-order valence-corrected chi connectivity index (χ0v) is 35.6. The van der Waals surface area contributed by atoms with E-state index >= 15 is 0 Å². The molecule has 0 aliphatic heterocycles. The highest BCUT2D eigenvalue weighted by Crippen LogP contribution is 2.59. The molecule has 13 rings (SSSR count). The summed E-state index contributed by atoms with van der Waals surface area (Å²) in [7, 11) is 0. The second-order valence-electron chi connectivity index (χ2n) is 17.7. The highest BCUT2D eigenvalue weighted by molar-refractivity contribution is 6.10. The van der Waals surface area contributed by atoms with Crippen LogP contribution in [0.15, 0.2) is 236 Å². The Morgan fingerprint density at radius 1 is 0.391 bits per heavy atom. The molecule has 0 saturated carbocycles. The van der Waals surface area contributed by atoms with Gasteiger partial charge in [0.1, 0.15) is 0 Å². The SMILES string of the molecule is CC1C=C2C(=CC1)C(c1ccc(-c3ccc(-n4c5ccccc5c5ccccc54)cc3)cc1)(c1ccc(-c3ccc(-n4c5ccccc5c5ccccc54)cc3)cc1)c1ccccc12. The molecule has 2 aromatic heterocycles. The van der Waals surface area contributed by atoms with Crippen molar-refractivity contribution in [3.05, 3.63) is 258 Å². The van der Waals surface area contributed by atoms with E-state index in [0.29, 0.717) is 5.92 Å². The number of rotatable bonds is 6. The third-order valence-corrected chi connectivity index (χ3v) is 14.2. The number of aromatic nitrogens is 2. The van der Waals surface area contributed by atoms with Crippen molar-refractivity contribution in [2.75, 3.05) is 0 Å². The van der Waals surface area contributed by atoms with E-state index in [4.69, 9.17) is 0 Å². The molecule has 0 N–H and O–H groups in total. The van der Waals surface area contributed by atoms with E-state index in [1.54, 1.807) is 0 Å². The molecule has 1 atom stereocenters. The molecule has 64 heavy (non-hydrogen) atoms. The van der Waals surface area contributed by atoms with Gasteiger partial charge in [0.2, 0.25) is 0 Å². The van der Waals surface area contributed by atoms with Crippen LogP contribution in [0.5, 0.6) is 0 Å². The summed E-state index contributed by atoms with van der Waals surface area (Å²) >= 11 is 0. The van der Waals surface area contributed by atoms with Crippen molar-refractivity contribution < 1.29 is 0 Å². The lowest BCUT2D eigenvalue weighted by Gasteiger charge is -2.35. The molecular formula is C62H44N2. The summed E-state index contributed by atoms with van der Waals surface area (Å²) in [5, 5.41) is 5.11. The summed E-state index contributed by atoms with van der Waals surface area (Å²) in [5.41, 5.74) is 19.7. The maximum atomic E-state index is 2.53. The van der Waals surface area contributed by atoms with Crippen LogP contribution in [0.4, 0.5) is 0 Å². The molecule has 1 unspecified atom stereocenters. The lowest BCUT2D eigenvalue weighted by Crippen LogP contribution is -2.29. The van der Waals surface area contributed by atoms with Crippen molar-refractivity contribution in [1.29, 1.82) is 0 Å². The molecule has 9 aromatic carbocycles. The van der Waals surface area contributed by atoms with Crippen molar-refractivity contribution in [2.45, 2.75) is 18.8 Å². The van der Waals surface area contributed by atoms with Gasteiger partial charge in [-0.1, -0.05) is 189 Å². The molecule has 0 fully saturated rings. The van der Waals surface area contributed by atoms with Crippen molar-refractivity contribution >= 4 is 49.2 Å². The largest absolute Gasteiger partial charge is 0.309 e. The predicted octanol–water partition coefficient (Wildman–Crippen LogP) is 15.9. The van der Waals surface area contributed by atoms with Crippen LogP contribution in [-0.4, -0.2) is 9.13 Å². The number of hydrogen-bond donors (Lipinski definition) is 0. The Bertz CT molecular complexity index is 3360. The van der Waals surface area contributed by atoms with Gasteiger partial charge in [0.15, 0.2) is 0 Å². The number of nitrogens with zero attached hydrogens (tertiary/aromatic N) is 2. The first kappa shape index (κ1) is 36.7. The predicted molar refractivity (Wildman–Crippen MR) is 269 cm³/mol. The Labute approximate surface area is 373 Å². The lowest BCUT2D eigenvalue weighted by atomic mass is 9.66. The molecule has 0 bridgehead atoms. The summed E-state index contributed by atoms with van der Waals surface area (Å²) in [6.45, 7) is 2.34. The minimum Gasteiger partial charge on any atom is -0.309 e. The fourth-order valence-electron chi connectivity index (χ4n) is 11.3. The van der Waals surface area contributed by atoms with Crippen LogP contribution in [-0.2, 0) is 5.41 Å². The molecule has 0 radical (unpaired) electrons. The van der Waals surface area contributed by atoms with Gasteiger partial charge in [-0.25, -0.2) is 0 Å². The van der Waals surface area contributed by atoms with E-state index < -0.39 is 5.41 Å². The first-order valence-electron chi connectivity index (χ1n) is 22.6. The third-order valence-electron chi connectivity index (χ3n) is 14.2. The van der Waals surface area contributed by atoms with Crippen LogP contribution >= 0.6 is 0 Å². The van der Waals surface area contributed by atoms with Gasteiger partial charge in [-0.2, -0.15) is 0 Å². The number of hydrogen-bond acceptors (Lipinski definition) is 0. The van der Waals surface area contributed by atoms with E-state index in [2.05, 4.69) is 247 Å². The van der Waals surface area contributed by atoms with Gasteiger partial charge in [-0.3, -0.25) is 0 Å². The van der Waals surface area contributed by atoms with Crippen LogP contribution in [0.3, 0.4) is 0 Å². The normalized spacial score (nSPS) is 15.4. The van der Waals surface area contributed by atoms with E-state index in [1.807, 2.05) is 0 Å². The van der Waals surface area contributed by atoms with E-state index in [-0.39, 0.29) is 0 Å². The molecule has 2 heteroatoms. The Morgan fingerprint density at radius 2 is 0.750 bits per heavy atom. The summed E-state index contributed by atoms with van der Waals surface area (Å²) < 4.78 is 4.77. The summed E-state index contributed by atoms with van der Waals surface area (Å²) in [4.78, 5) is 0. The topological polar surface area (TPSA) is 9.86 Å². The summed E-state index contributed by atoms with van der Waals surface area (Å²) in [6, 6.07) is 81.0. The Morgan fingerprint density at radius 3 is 1.17 bits per heavy atom. The second-order valence-corrected chi connectivity index (χ2v) is 17.7. The van der Waals surface area contributed by atoms with Crippen LogP contribution in [0, 0.1) is 5.92 Å². The molecule has 0 amide bonds. The van der Waals surface area contributed by atoms with Gasteiger partial charge in [0, 0.05) is 32.9 Å². The van der Waals surface area contributed by atoms with Gasteiger partial charge in [-0.05, 0) is 117 Å². The van der Waals surface area contributed by atoms with Crippen molar-refractivity contribution in [3.63, 3.8) is 0 Å². The van der Waals surface area contributed by atoms with Crippen molar-refractivity contribution in [1.82, 2.24) is 9.13 Å². The summed E-state index contributed by atoms with van der Waals surface area (Å²) in [6.07, 6.45) is 6.07. The molecule has 2 aliphatic rings. The molecule has 11 aromatic rings. The Kier molecular flexibility index (Phi) is 8.20. The van der Waals surface area contributed by atoms with Gasteiger partial charge in [0.05, 0.1) is 27.5 Å². The number of allylic oxidation sites excluding steroid dienone is 4. The van der Waals surface area contributed by atoms with Gasteiger partial charge >= 0.3 is 0 Å². The maximum Gasteiger partial charge on any atom is 0.0710 e. The van der Waals surface area contributed by atoms with Crippen LogP contribution in [0.2, 0.25) is 0 Å². The first-order chi connectivity index (χ1) is 31.6. The highest BCUT2D eigenvalue weighted by atomic mass is 15.0. The van der Waals surface area contributed by atoms with Gasteiger partial charge in [0.25, 0.3) is 0 Å². The first-order valence-corrected chi connectivity index (χ1v) is 22.6. The molecule has 2 nitrogen and oxygen atoms in total. The maximum absolute atomic E-state index is 2.53. The zero-order chi connectivity index (χ0) is 42.4.